The second-order valence-electron chi connectivity index (χ2n) is 7.50. The fourth-order valence-corrected chi connectivity index (χ4v) is 3.24. The normalized spacial score (nSPS) is 20.7. The molecule has 0 spiro atoms. The highest BCUT2D eigenvalue weighted by atomic mass is 16.3. The lowest BCUT2D eigenvalue weighted by Gasteiger charge is -2.28. The van der Waals surface area contributed by atoms with Crippen LogP contribution in [0.1, 0.15) is 50.7 Å². The zero-order chi connectivity index (χ0) is 18.2. The summed E-state index contributed by atoms with van der Waals surface area (Å²) in [5.41, 5.74) is 2.41. The number of urea groups is 1. The molecular formula is C20H33N3O2. The lowest BCUT2D eigenvalue weighted by Crippen LogP contribution is -2.43. The van der Waals surface area contributed by atoms with E-state index in [9.17, 15) is 9.90 Å². The van der Waals surface area contributed by atoms with Crippen molar-refractivity contribution in [3.8, 4) is 0 Å². The van der Waals surface area contributed by atoms with Crippen LogP contribution in [0, 0.1) is 5.92 Å². The largest absolute Gasteiger partial charge is 0.396 e. The van der Waals surface area contributed by atoms with Crippen LogP contribution in [0.3, 0.4) is 0 Å². The number of aliphatic hydroxyl groups is 1. The quantitative estimate of drug-likeness (QED) is 0.711. The predicted octanol–water partition coefficient (Wildman–Crippen LogP) is 2.88. The lowest BCUT2D eigenvalue weighted by molar-refractivity contribution is 0.174. The fraction of sp³-hybridized carbons (Fsp3) is 0.650. The Bertz CT molecular complexity index is 539. The van der Waals surface area contributed by atoms with E-state index in [-0.39, 0.29) is 18.7 Å². The van der Waals surface area contributed by atoms with Crippen molar-refractivity contribution in [2.75, 3.05) is 13.7 Å². The Kier molecular flexibility index (Phi) is 7.72. The SMILES string of the molecule is CC(C)N(C)Cc1ccccc1CNC(=O)NC1CCC(CO)CC1. The molecule has 0 saturated heterocycles. The first-order valence-electron chi connectivity index (χ1n) is 9.41. The molecule has 1 saturated carbocycles. The van der Waals surface area contributed by atoms with Gasteiger partial charge in [0.25, 0.3) is 0 Å². The smallest absolute Gasteiger partial charge is 0.315 e. The van der Waals surface area contributed by atoms with Crippen molar-refractivity contribution in [2.45, 2.75) is 64.7 Å². The number of amides is 2. The first-order valence-corrected chi connectivity index (χ1v) is 9.41. The van der Waals surface area contributed by atoms with Gasteiger partial charge in [0.2, 0.25) is 0 Å². The van der Waals surface area contributed by atoms with Crippen molar-refractivity contribution < 1.29 is 9.90 Å². The maximum atomic E-state index is 12.2. The summed E-state index contributed by atoms with van der Waals surface area (Å²) < 4.78 is 0. The van der Waals surface area contributed by atoms with Crippen LogP contribution in [0.15, 0.2) is 24.3 Å². The van der Waals surface area contributed by atoms with Crippen LogP contribution in [0.25, 0.3) is 0 Å². The number of hydrogen-bond acceptors (Lipinski definition) is 3. The molecule has 0 unspecified atom stereocenters. The molecule has 25 heavy (non-hydrogen) atoms. The zero-order valence-corrected chi connectivity index (χ0v) is 15.8. The average molecular weight is 348 g/mol. The Morgan fingerprint density at radius 1 is 1.20 bits per heavy atom. The molecule has 140 valence electrons. The third-order valence-corrected chi connectivity index (χ3v) is 5.30. The molecule has 5 nitrogen and oxygen atoms in total. The van der Waals surface area contributed by atoms with Gasteiger partial charge in [-0.1, -0.05) is 24.3 Å². The molecule has 1 aliphatic carbocycles. The Hall–Kier alpha value is -1.59. The van der Waals surface area contributed by atoms with Gasteiger partial charge in [-0.25, -0.2) is 4.79 Å². The van der Waals surface area contributed by atoms with E-state index in [0.717, 1.165) is 37.8 Å². The maximum Gasteiger partial charge on any atom is 0.315 e. The van der Waals surface area contributed by atoms with E-state index in [1.165, 1.54) is 5.56 Å². The molecule has 2 amide bonds. The highest BCUT2D eigenvalue weighted by molar-refractivity contribution is 5.74. The van der Waals surface area contributed by atoms with Gasteiger partial charge in [-0.2, -0.15) is 0 Å². The highest BCUT2D eigenvalue weighted by Gasteiger charge is 2.21. The summed E-state index contributed by atoms with van der Waals surface area (Å²) in [6.45, 7) is 6.04. The second-order valence-corrected chi connectivity index (χ2v) is 7.50. The zero-order valence-electron chi connectivity index (χ0n) is 15.8. The van der Waals surface area contributed by atoms with E-state index in [4.69, 9.17) is 0 Å². The minimum atomic E-state index is -0.0977. The summed E-state index contributed by atoms with van der Waals surface area (Å²) in [4.78, 5) is 14.5. The van der Waals surface area contributed by atoms with Gasteiger partial charge in [0, 0.05) is 31.8 Å². The molecule has 0 radical (unpaired) electrons. The maximum absolute atomic E-state index is 12.2. The van der Waals surface area contributed by atoms with Crippen LogP contribution >= 0.6 is 0 Å². The van der Waals surface area contributed by atoms with Crippen LogP contribution in [-0.4, -0.2) is 41.8 Å². The molecular weight excluding hydrogens is 314 g/mol. The van der Waals surface area contributed by atoms with Gasteiger partial charge in [0.15, 0.2) is 0 Å². The summed E-state index contributed by atoms with van der Waals surface area (Å²) in [5.74, 6) is 0.408. The van der Waals surface area contributed by atoms with Crippen molar-refractivity contribution in [3.05, 3.63) is 35.4 Å². The second kappa shape index (κ2) is 9.78. The Balaban J connectivity index is 1.81. The number of nitrogens with one attached hydrogen (secondary N) is 2. The predicted molar refractivity (Wildman–Crippen MR) is 101 cm³/mol. The summed E-state index contributed by atoms with van der Waals surface area (Å²) >= 11 is 0. The minimum absolute atomic E-state index is 0.0977. The van der Waals surface area contributed by atoms with Gasteiger partial charge < -0.3 is 15.7 Å². The topological polar surface area (TPSA) is 64.6 Å². The molecule has 0 heterocycles. The van der Waals surface area contributed by atoms with Crippen molar-refractivity contribution in [1.82, 2.24) is 15.5 Å². The van der Waals surface area contributed by atoms with Crippen LogP contribution in [0.4, 0.5) is 4.79 Å². The monoisotopic (exact) mass is 347 g/mol. The number of aliphatic hydroxyl groups excluding tert-OH is 1. The van der Waals surface area contributed by atoms with Gasteiger partial charge in [0.05, 0.1) is 0 Å². The fourth-order valence-electron chi connectivity index (χ4n) is 3.24. The molecule has 0 atom stereocenters. The van der Waals surface area contributed by atoms with E-state index >= 15 is 0 Å². The first-order chi connectivity index (χ1) is 12.0. The van der Waals surface area contributed by atoms with Gasteiger partial charge in [0.1, 0.15) is 0 Å². The Morgan fingerprint density at radius 3 is 2.44 bits per heavy atom. The molecule has 5 heteroatoms. The summed E-state index contributed by atoms with van der Waals surface area (Å²) in [6, 6.07) is 8.89. The number of carbonyl (C=O) groups is 1. The molecule has 1 fully saturated rings. The molecule has 1 aliphatic rings. The molecule has 3 N–H and O–H groups in total. The van der Waals surface area contributed by atoms with E-state index in [0.29, 0.717) is 18.5 Å². The van der Waals surface area contributed by atoms with Crippen molar-refractivity contribution >= 4 is 6.03 Å². The van der Waals surface area contributed by atoms with Crippen LogP contribution in [0.2, 0.25) is 0 Å². The van der Waals surface area contributed by atoms with E-state index in [1.807, 2.05) is 12.1 Å². The number of hydrogen-bond donors (Lipinski definition) is 3. The average Bonchev–Trinajstić information content (AvgIpc) is 2.61. The molecule has 1 aromatic carbocycles. The van der Waals surface area contributed by atoms with Gasteiger partial charge in [-0.15, -0.1) is 0 Å². The standard InChI is InChI=1S/C20H33N3O2/c1-15(2)23(3)13-18-7-5-4-6-17(18)12-21-20(25)22-19-10-8-16(14-24)9-11-19/h4-7,15-16,19,24H,8-14H2,1-3H3,(H2,21,22,25). The molecule has 0 bridgehead atoms. The van der Waals surface area contributed by atoms with Crippen LogP contribution in [-0.2, 0) is 13.1 Å². The molecule has 0 aliphatic heterocycles. The van der Waals surface area contributed by atoms with E-state index in [2.05, 4.69) is 48.6 Å². The molecule has 1 aromatic rings. The number of carbonyl (C=O) groups excluding carboxylic acids is 1. The van der Waals surface area contributed by atoms with Crippen molar-refractivity contribution in [2.24, 2.45) is 5.92 Å². The van der Waals surface area contributed by atoms with Crippen LogP contribution in [0.5, 0.6) is 0 Å². The lowest BCUT2D eigenvalue weighted by atomic mass is 9.87. The van der Waals surface area contributed by atoms with Gasteiger partial charge in [-0.3, -0.25) is 4.90 Å². The Morgan fingerprint density at radius 2 is 1.84 bits per heavy atom. The van der Waals surface area contributed by atoms with E-state index < -0.39 is 0 Å². The third-order valence-electron chi connectivity index (χ3n) is 5.30. The van der Waals surface area contributed by atoms with Crippen LogP contribution < -0.4 is 10.6 Å². The summed E-state index contributed by atoms with van der Waals surface area (Å²) in [7, 11) is 2.12. The molecule has 0 aromatic heterocycles. The van der Waals surface area contributed by atoms with Gasteiger partial charge >= 0.3 is 6.03 Å². The summed E-state index contributed by atoms with van der Waals surface area (Å²) in [5, 5.41) is 15.3. The number of rotatable bonds is 7. The van der Waals surface area contributed by atoms with E-state index in [1.54, 1.807) is 0 Å². The molecule has 2 rings (SSSR count). The number of benzene rings is 1. The summed E-state index contributed by atoms with van der Waals surface area (Å²) in [6.07, 6.45) is 3.89. The van der Waals surface area contributed by atoms with Crippen molar-refractivity contribution in [3.63, 3.8) is 0 Å². The third kappa shape index (κ3) is 6.33. The van der Waals surface area contributed by atoms with Crippen molar-refractivity contribution in [1.29, 1.82) is 0 Å². The minimum Gasteiger partial charge on any atom is -0.396 e. The first kappa shape index (κ1) is 19.7. The van der Waals surface area contributed by atoms with Gasteiger partial charge in [-0.05, 0) is 63.6 Å². The highest BCUT2D eigenvalue weighted by Crippen LogP contribution is 2.23. The number of nitrogens with zero attached hydrogens (tertiary/aromatic N) is 1. The Labute approximate surface area is 151 Å².